The fraction of sp³-hybridized carbons (Fsp3) is 0.316. The molecule has 0 aliphatic carbocycles. The quantitative estimate of drug-likeness (QED) is 0.652. The molecule has 1 amide bonds. The first-order valence-corrected chi connectivity index (χ1v) is 10.3. The Labute approximate surface area is 164 Å². The van der Waals surface area contributed by atoms with Gasteiger partial charge in [-0.2, -0.15) is 0 Å². The van der Waals surface area contributed by atoms with Crippen molar-refractivity contribution < 1.29 is 17.9 Å². The Balaban J connectivity index is 2.21. The van der Waals surface area contributed by atoms with Gasteiger partial charge in [-0.05, 0) is 61.7 Å². The standard InChI is InChI=1S/C19H23ClN2O4S/c1-13-5-6-15(11-14(13)2)22-27(24,25)16-7-8-18(20)17(12-16)19(23)21-9-4-10-26-3/h5-8,11-12,22H,4,9-10H2,1-3H3,(H,21,23). The number of methoxy groups -OCH3 is 1. The Bertz CT molecular complexity index is 929. The fourth-order valence-electron chi connectivity index (χ4n) is 2.38. The van der Waals surface area contributed by atoms with Gasteiger partial charge in [0.25, 0.3) is 15.9 Å². The van der Waals surface area contributed by atoms with E-state index in [2.05, 4.69) is 10.0 Å². The molecule has 2 aromatic rings. The van der Waals surface area contributed by atoms with E-state index in [-0.39, 0.29) is 15.5 Å². The van der Waals surface area contributed by atoms with Gasteiger partial charge in [-0.3, -0.25) is 9.52 Å². The first-order chi connectivity index (χ1) is 12.7. The van der Waals surface area contributed by atoms with Crippen LogP contribution in [0.4, 0.5) is 5.69 Å². The van der Waals surface area contributed by atoms with E-state index >= 15 is 0 Å². The van der Waals surface area contributed by atoms with Crippen LogP contribution in [0.1, 0.15) is 27.9 Å². The first kappa shape index (κ1) is 21.2. The van der Waals surface area contributed by atoms with E-state index in [0.717, 1.165) is 11.1 Å². The van der Waals surface area contributed by atoms with Gasteiger partial charge in [-0.1, -0.05) is 17.7 Å². The number of carbonyl (C=O) groups is 1. The minimum Gasteiger partial charge on any atom is -0.385 e. The van der Waals surface area contributed by atoms with E-state index in [1.165, 1.54) is 18.2 Å². The molecule has 0 atom stereocenters. The Morgan fingerprint density at radius 3 is 2.52 bits per heavy atom. The topological polar surface area (TPSA) is 84.5 Å². The van der Waals surface area contributed by atoms with Crippen molar-refractivity contribution in [3.05, 3.63) is 58.1 Å². The number of rotatable bonds is 8. The third kappa shape index (κ3) is 5.69. The van der Waals surface area contributed by atoms with Gasteiger partial charge in [0.05, 0.1) is 15.5 Å². The number of hydrogen-bond acceptors (Lipinski definition) is 4. The van der Waals surface area contributed by atoms with Gasteiger partial charge in [-0.25, -0.2) is 8.42 Å². The van der Waals surface area contributed by atoms with Gasteiger partial charge in [0, 0.05) is 25.9 Å². The Hall–Kier alpha value is -2.09. The predicted molar refractivity (Wildman–Crippen MR) is 107 cm³/mol. The number of aryl methyl sites for hydroxylation is 2. The highest BCUT2D eigenvalue weighted by Crippen LogP contribution is 2.23. The van der Waals surface area contributed by atoms with Crippen molar-refractivity contribution in [2.45, 2.75) is 25.2 Å². The largest absolute Gasteiger partial charge is 0.385 e. The molecule has 27 heavy (non-hydrogen) atoms. The smallest absolute Gasteiger partial charge is 0.261 e. The summed E-state index contributed by atoms with van der Waals surface area (Å²) < 4.78 is 32.8. The number of hydrogen-bond donors (Lipinski definition) is 2. The van der Waals surface area contributed by atoms with Crippen LogP contribution in [0.2, 0.25) is 5.02 Å². The van der Waals surface area contributed by atoms with Crippen LogP contribution in [0.5, 0.6) is 0 Å². The van der Waals surface area contributed by atoms with Gasteiger partial charge in [-0.15, -0.1) is 0 Å². The van der Waals surface area contributed by atoms with Crippen molar-refractivity contribution in [2.75, 3.05) is 25.0 Å². The number of amides is 1. The minimum absolute atomic E-state index is 0.0350. The summed E-state index contributed by atoms with van der Waals surface area (Å²) in [6, 6.07) is 9.34. The number of ether oxygens (including phenoxy) is 1. The van der Waals surface area contributed by atoms with Gasteiger partial charge in [0.15, 0.2) is 0 Å². The second-order valence-corrected chi connectivity index (χ2v) is 8.24. The van der Waals surface area contributed by atoms with Crippen LogP contribution in [0.15, 0.2) is 41.3 Å². The molecule has 0 fully saturated rings. The highest BCUT2D eigenvalue weighted by molar-refractivity contribution is 7.92. The molecule has 0 saturated carbocycles. The summed E-state index contributed by atoms with van der Waals surface area (Å²) in [6.45, 7) is 4.77. The molecule has 0 unspecified atom stereocenters. The van der Waals surface area contributed by atoms with Crippen molar-refractivity contribution in [2.24, 2.45) is 0 Å². The average Bonchev–Trinajstić information content (AvgIpc) is 2.61. The third-order valence-electron chi connectivity index (χ3n) is 4.06. The van der Waals surface area contributed by atoms with Crippen molar-refractivity contribution in [3.63, 3.8) is 0 Å². The van der Waals surface area contributed by atoms with Crippen LogP contribution in [-0.4, -0.2) is 34.6 Å². The van der Waals surface area contributed by atoms with E-state index in [0.29, 0.717) is 25.3 Å². The molecule has 0 saturated heterocycles. The average molecular weight is 411 g/mol. The second kappa shape index (κ2) is 9.21. The maximum Gasteiger partial charge on any atom is 0.261 e. The maximum absolute atomic E-state index is 12.7. The van der Waals surface area contributed by atoms with Crippen LogP contribution < -0.4 is 10.0 Å². The summed E-state index contributed by atoms with van der Waals surface area (Å²) in [5.41, 5.74) is 2.61. The van der Waals surface area contributed by atoms with Crippen LogP contribution in [0.25, 0.3) is 0 Å². The summed E-state index contributed by atoms with van der Waals surface area (Å²) >= 11 is 6.08. The third-order valence-corrected chi connectivity index (χ3v) is 5.77. The summed E-state index contributed by atoms with van der Waals surface area (Å²) in [7, 11) is -2.27. The number of nitrogens with one attached hydrogen (secondary N) is 2. The van der Waals surface area contributed by atoms with Crippen molar-refractivity contribution in [1.82, 2.24) is 5.32 Å². The molecule has 0 aromatic heterocycles. The zero-order valence-electron chi connectivity index (χ0n) is 15.5. The molecule has 0 bridgehead atoms. The number of anilines is 1. The molecular formula is C19H23ClN2O4S. The summed E-state index contributed by atoms with van der Waals surface area (Å²) in [4.78, 5) is 12.3. The van der Waals surface area contributed by atoms with E-state index in [1.807, 2.05) is 19.9 Å². The van der Waals surface area contributed by atoms with Crippen LogP contribution >= 0.6 is 11.6 Å². The Morgan fingerprint density at radius 1 is 1.11 bits per heavy atom. The highest BCUT2D eigenvalue weighted by atomic mass is 35.5. The number of benzene rings is 2. The van der Waals surface area contributed by atoms with Crippen molar-refractivity contribution in [3.8, 4) is 0 Å². The molecule has 0 radical (unpaired) electrons. The van der Waals surface area contributed by atoms with Crippen molar-refractivity contribution in [1.29, 1.82) is 0 Å². The lowest BCUT2D eigenvalue weighted by Crippen LogP contribution is -2.26. The fourth-order valence-corrected chi connectivity index (χ4v) is 3.66. The molecule has 2 N–H and O–H groups in total. The monoisotopic (exact) mass is 410 g/mol. The Morgan fingerprint density at radius 2 is 1.85 bits per heavy atom. The van der Waals surface area contributed by atoms with Crippen molar-refractivity contribution >= 4 is 33.2 Å². The molecule has 2 rings (SSSR count). The van der Waals surface area contributed by atoms with E-state index in [4.69, 9.17) is 16.3 Å². The lowest BCUT2D eigenvalue weighted by Gasteiger charge is -2.12. The summed E-state index contributed by atoms with van der Waals surface area (Å²) in [5, 5.41) is 2.88. The van der Waals surface area contributed by atoms with E-state index < -0.39 is 15.9 Å². The highest BCUT2D eigenvalue weighted by Gasteiger charge is 2.19. The normalized spacial score (nSPS) is 11.3. The molecule has 6 nitrogen and oxygen atoms in total. The SMILES string of the molecule is COCCCNC(=O)c1cc(S(=O)(=O)Nc2ccc(C)c(C)c2)ccc1Cl. The lowest BCUT2D eigenvalue weighted by atomic mass is 10.1. The zero-order valence-corrected chi connectivity index (χ0v) is 17.1. The van der Waals surface area contributed by atoms with E-state index in [9.17, 15) is 13.2 Å². The lowest BCUT2D eigenvalue weighted by molar-refractivity contribution is 0.0948. The first-order valence-electron chi connectivity index (χ1n) is 8.41. The van der Waals surface area contributed by atoms with Crippen LogP contribution in [0.3, 0.4) is 0 Å². The molecule has 0 aliphatic rings. The van der Waals surface area contributed by atoms with Gasteiger partial charge >= 0.3 is 0 Å². The second-order valence-electron chi connectivity index (χ2n) is 6.15. The molecular weight excluding hydrogens is 388 g/mol. The maximum atomic E-state index is 12.7. The number of carbonyl (C=O) groups excluding carboxylic acids is 1. The molecule has 0 aliphatic heterocycles. The van der Waals surface area contributed by atoms with Gasteiger partial charge < -0.3 is 10.1 Å². The van der Waals surface area contributed by atoms with E-state index in [1.54, 1.807) is 19.2 Å². The van der Waals surface area contributed by atoms with Gasteiger partial charge in [0.1, 0.15) is 0 Å². The zero-order chi connectivity index (χ0) is 20.0. The Kier molecular flexibility index (Phi) is 7.24. The van der Waals surface area contributed by atoms with Crippen LogP contribution in [0, 0.1) is 13.8 Å². The molecule has 0 spiro atoms. The summed E-state index contributed by atoms with van der Waals surface area (Å²) in [5.74, 6) is -0.431. The van der Waals surface area contributed by atoms with Crippen LogP contribution in [-0.2, 0) is 14.8 Å². The molecule has 2 aromatic carbocycles. The molecule has 8 heteroatoms. The predicted octanol–water partition coefficient (Wildman–Crippen LogP) is 3.52. The summed E-state index contributed by atoms with van der Waals surface area (Å²) in [6.07, 6.45) is 0.645. The number of sulfonamides is 1. The molecule has 146 valence electrons. The molecule has 0 heterocycles. The van der Waals surface area contributed by atoms with Gasteiger partial charge in [0.2, 0.25) is 0 Å². The number of halogens is 1. The minimum atomic E-state index is -3.85.